The summed E-state index contributed by atoms with van der Waals surface area (Å²) < 4.78 is 39.4. The highest BCUT2D eigenvalue weighted by atomic mass is 32.2. The molecule has 0 saturated heterocycles. The van der Waals surface area contributed by atoms with Crippen molar-refractivity contribution >= 4 is 37.7 Å². The van der Waals surface area contributed by atoms with Crippen LogP contribution in [0.5, 0.6) is 0 Å². The first kappa shape index (κ1) is 39.6. The Hall–Kier alpha value is 0.641. The lowest BCUT2D eigenvalue weighted by atomic mass is 10.1. The van der Waals surface area contributed by atoms with E-state index in [0.717, 1.165) is 62.7 Å². The van der Waals surface area contributed by atoms with Gasteiger partial charge >= 0.3 is 25.9 Å². The minimum atomic E-state index is -2.44. The standard InChI is InChI=1S/C26H62N2O7SSi3/c1-11-36-26(27-21-18-23-37(9,29-2)30-3,28-22-19-24-38(10,31-4)32-5)20-16-14-12-13-15-17-25-39(33-6,34-7)35-8/h27-28H,11-25H2,1-10H3. The van der Waals surface area contributed by atoms with Crippen molar-refractivity contribution < 1.29 is 31.0 Å². The van der Waals surface area contributed by atoms with Crippen LogP contribution in [0.15, 0.2) is 0 Å². The Balaban J connectivity index is 4.87. The zero-order valence-corrected chi connectivity index (χ0v) is 30.7. The molecular weight excluding hydrogens is 569 g/mol. The van der Waals surface area contributed by atoms with E-state index in [0.29, 0.717) is 0 Å². The first-order valence-corrected chi connectivity index (χ1v) is 22.6. The number of hydrogen-bond acceptors (Lipinski definition) is 10. The molecule has 0 aromatic carbocycles. The van der Waals surface area contributed by atoms with E-state index < -0.39 is 25.9 Å². The van der Waals surface area contributed by atoms with Crippen LogP contribution in [0.1, 0.15) is 64.7 Å². The summed E-state index contributed by atoms with van der Waals surface area (Å²) in [6.07, 6.45) is 10.3. The topological polar surface area (TPSA) is 88.7 Å². The summed E-state index contributed by atoms with van der Waals surface area (Å²) in [7, 11) is 5.59. The van der Waals surface area contributed by atoms with Crippen LogP contribution in [0.2, 0.25) is 31.2 Å². The number of unbranched alkanes of at least 4 members (excludes halogenated alkanes) is 5. The number of thioether (sulfide) groups is 1. The predicted octanol–water partition coefficient (Wildman–Crippen LogP) is 5.69. The summed E-state index contributed by atoms with van der Waals surface area (Å²) in [6.45, 7) is 8.37. The second-order valence-electron chi connectivity index (χ2n) is 10.3. The van der Waals surface area contributed by atoms with Crippen molar-refractivity contribution in [1.29, 1.82) is 0 Å². The smallest absolute Gasteiger partial charge is 0.398 e. The molecule has 0 aliphatic carbocycles. The molecular formula is C26H62N2O7SSi3. The molecule has 0 heterocycles. The molecule has 13 heteroatoms. The van der Waals surface area contributed by atoms with Gasteiger partial charge in [0.2, 0.25) is 0 Å². The normalized spacial score (nSPS) is 13.4. The van der Waals surface area contributed by atoms with Crippen LogP contribution in [0.4, 0.5) is 0 Å². The van der Waals surface area contributed by atoms with Crippen molar-refractivity contribution in [2.75, 3.05) is 68.6 Å². The third-order valence-electron chi connectivity index (χ3n) is 7.75. The molecule has 0 aromatic rings. The average Bonchev–Trinajstić information content (AvgIpc) is 2.97. The minimum Gasteiger partial charge on any atom is -0.398 e. The first-order valence-electron chi connectivity index (χ1n) is 14.6. The molecule has 39 heavy (non-hydrogen) atoms. The molecule has 0 bridgehead atoms. The van der Waals surface area contributed by atoms with E-state index in [1.54, 1.807) is 49.8 Å². The largest absolute Gasteiger partial charge is 0.500 e. The molecule has 0 radical (unpaired) electrons. The van der Waals surface area contributed by atoms with Crippen LogP contribution >= 0.6 is 11.8 Å². The van der Waals surface area contributed by atoms with Crippen LogP contribution in [0.3, 0.4) is 0 Å². The molecule has 0 rings (SSSR count). The SMILES string of the molecule is CCSC(CCCCCCCC[Si](OC)(OC)OC)(NCCC[Si](C)(OC)OC)NCCC[Si](C)(OC)OC. The molecule has 0 spiro atoms. The van der Waals surface area contributed by atoms with Crippen LogP contribution < -0.4 is 10.6 Å². The Labute approximate surface area is 248 Å². The summed E-state index contributed by atoms with van der Waals surface area (Å²) in [5.41, 5.74) is 0. The van der Waals surface area contributed by atoms with Gasteiger partial charge in [-0.05, 0) is 76.1 Å². The molecule has 236 valence electrons. The monoisotopic (exact) mass is 630 g/mol. The van der Waals surface area contributed by atoms with E-state index >= 15 is 0 Å². The fourth-order valence-corrected chi connectivity index (χ4v) is 10.4. The lowest BCUT2D eigenvalue weighted by Crippen LogP contribution is -2.55. The zero-order valence-electron chi connectivity index (χ0n) is 26.9. The van der Waals surface area contributed by atoms with Gasteiger partial charge in [-0.25, -0.2) is 0 Å². The van der Waals surface area contributed by atoms with E-state index in [1.807, 2.05) is 11.8 Å². The maximum absolute atomic E-state index is 5.69. The molecule has 9 nitrogen and oxygen atoms in total. The summed E-state index contributed by atoms with van der Waals surface area (Å²) >= 11 is 1.98. The van der Waals surface area contributed by atoms with Crippen LogP contribution in [-0.4, -0.2) is 99.5 Å². The quantitative estimate of drug-likeness (QED) is 0.0639. The van der Waals surface area contributed by atoms with Gasteiger partial charge in [0.15, 0.2) is 0 Å². The highest BCUT2D eigenvalue weighted by Crippen LogP contribution is 2.28. The second kappa shape index (κ2) is 22.2. The van der Waals surface area contributed by atoms with Gasteiger partial charge in [0.05, 0.1) is 0 Å². The maximum atomic E-state index is 5.69. The molecule has 0 aliphatic rings. The zero-order chi connectivity index (χ0) is 29.7. The summed E-state index contributed by atoms with van der Waals surface area (Å²) in [6, 6.07) is 2.83. The summed E-state index contributed by atoms with van der Waals surface area (Å²) in [4.78, 5) is -0.133. The van der Waals surface area contributed by atoms with E-state index in [-0.39, 0.29) is 4.99 Å². The minimum absolute atomic E-state index is 0.133. The van der Waals surface area contributed by atoms with Crippen molar-refractivity contribution in [2.24, 2.45) is 0 Å². The van der Waals surface area contributed by atoms with Gasteiger partial charge < -0.3 is 31.0 Å². The molecule has 0 aromatic heterocycles. The molecule has 0 atom stereocenters. The van der Waals surface area contributed by atoms with Crippen molar-refractivity contribution in [3.05, 3.63) is 0 Å². The van der Waals surface area contributed by atoms with E-state index in [4.69, 9.17) is 31.0 Å². The van der Waals surface area contributed by atoms with Gasteiger partial charge in [0.1, 0.15) is 4.99 Å². The molecule has 2 N–H and O–H groups in total. The second-order valence-corrected chi connectivity index (χ2v) is 22.1. The summed E-state index contributed by atoms with van der Waals surface area (Å²) in [5, 5.41) is 7.80. The molecule has 0 aliphatic heterocycles. The third-order valence-corrected chi connectivity index (χ3v) is 17.8. The van der Waals surface area contributed by atoms with E-state index in [2.05, 4.69) is 30.7 Å². The van der Waals surface area contributed by atoms with Crippen LogP contribution in [-0.2, 0) is 31.0 Å². The Morgan fingerprint density at radius 2 is 0.949 bits per heavy atom. The predicted molar refractivity (Wildman–Crippen MR) is 171 cm³/mol. The van der Waals surface area contributed by atoms with Gasteiger partial charge in [-0.1, -0.05) is 32.6 Å². The fourth-order valence-electron chi connectivity index (χ4n) is 4.61. The Kier molecular flexibility index (Phi) is 22.6. The lowest BCUT2D eigenvalue weighted by molar-refractivity contribution is 0.122. The van der Waals surface area contributed by atoms with E-state index in [9.17, 15) is 0 Å². The van der Waals surface area contributed by atoms with Crippen molar-refractivity contribution in [2.45, 2.75) is 101 Å². The number of hydrogen-bond donors (Lipinski definition) is 2. The van der Waals surface area contributed by atoms with Gasteiger partial charge in [-0.2, -0.15) is 0 Å². The van der Waals surface area contributed by atoms with Crippen molar-refractivity contribution in [3.8, 4) is 0 Å². The number of nitrogens with one attached hydrogen (secondary N) is 2. The molecule has 0 saturated carbocycles. The van der Waals surface area contributed by atoms with Crippen molar-refractivity contribution in [3.63, 3.8) is 0 Å². The molecule has 0 fully saturated rings. The molecule has 0 amide bonds. The maximum Gasteiger partial charge on any atom is 0.500 e. The summed E-state index contributed by atoms with van der Waals surface area (Å²) in [5.74, 6) is 1.05. The van der Waals surface area contributed by atoms with Gasteiger partial charge in [0.25, 0.3) is 0 Å². The Morgan fingerprint density at radius 1 is 0.538 bits per heavy atom. The highest BCUT2D eigenvalue weighted by molar-refractivity contribution is 8.00. The van der Waals surface area contributed by atoms with Gasteiger partial charge in [-0.3, -0.25) is 10.6 Å². The Morgan fingerprint density at radius 3 is 1.33 bits per heavy atom. The van der Waals surface area contributed by atoms with Crippen LogP contribution in [0, 0.1) is 0 Å². The lowest BCUT2D eigenvalue weighted by Gasteiger charge is -2.36. The van der Waals surface area contributed by atoms with Gasteiger partial charge in [0, 0.05) is 55.8 Å². The van der Waals surface area contributed by atoms with Gasteiger partial charge in [-0.15, -0.1) is 11.8 Å². The van der Waals surface area contributed by atoms with E-state index in [1.165, 1.54) is 32.1 Å². The van der Waals surface area contributed by atoms with Crippen LogP contribution in [0.25, 0.3) is 0 Å². The fraction of sp³-hybridized carbons (Fsp3) is 1.00. The average molecular weight is 631 g/mol. The first-order chi connectivity index (χ1) is 18.6. The van der Waals surface area contributed by atoms with Crippen molar-refractivity contribution in [1.82, 2.24) is 10.6 Å². The highest BCUT2D eigenvalue weighted by Gasteiger charge is 2.37. The third kappa shape index (κ3) is 16.2. The number of rotatable bonds is 28. The Bertz CT molecular complexity index is 553. The molecule has 0 unspecified atom stereocenters.